The second-order valence-corrected chi connectivity index (χ2v) is 3.38. The molecule has 3 nitrogen and oxygen atoms in total. The Hall–Kier alpha value is -0.600. The molecule has 11 heavy (non-hydrogen) atoms. The van der Waals surface area contributed by atoms with Gasteiger partial charge in [0.2, 0.25) is 6.04 Å². The monoisotopic (exact) mass is 157 g/mol. The van der Waals surface area contributed by atoms with Crippen molar-refractivity contribution in [3.63, 3.8) is 0 Å². The van der Waals surface area contributed by atoms with Gasteiger partial charge in [0.05, 0.1) is 0 Å². The van der Waals surface area contributed by atoms with E-state index < -0.39 is 0 Å². The van der Waals surface area contributed by atoms with Gasteiger partial charge in [-0.2, -0.15) is 0 Å². The SMILES string of the molecule is CCC1CCCC([N+](=O)[O-])C1. The number of nitro groups is 1. The van der Waals surface area contributed by atoms with Gasteiger partial charge in [0.1, 0.15) is 0 Å². The molecule has 0 aromatic rings. The van der Waals surface area contributed by atoms with Crippen LogP contribution in [0.2, 0.25) is 0 Å². The van der Waals surface area contributed by atoms with E-state index in [0.29, 0.717) is 5.92 Å². The van der Waals surface area contributed by atoms with Crippen LogP contribution in [0.25, 0.3) is 0 Å². The van der Waals surface area contributed by atoms with Crippen molar-refractivity contribution < 1.29 is 4.92 Å². The molecule has 1 aliphatic rings. The summed E-state index contributed by atoms with van der Waals surface area (Å²) in [5.41, 5.74) is 0. The highest BCUT2D eigenvalue weighted by Gasteiger charge is 2.28. The van der Waals surface area contributed by atoms with Crippen LogP contribution in [0.15, 0.2) is 0 Å². The highest BCUT2D eigenvalue weighted by Crippen LogP contribution is 2.27. The molecule has 0 N–H and O–H groups in total. The van der Waals surface area contributed by atoms with Crippen molar-refractivity contribution in [1.29, 1.82) is 0 Å². The third-order valence-electron chi connectivity index (χ3n) is 2.63. The summed E-state index contributed by atoms with van der Waals surface area (Å²) < 4.78 is 0. The van der Waals surface area contributed by atoms with Gasteiger partial charge in [-0.3, -0.25) is 10.1 Å². The number of hydrogen-bond donors (Lipinski definition) is 0. The van der Waals surface area contributed by atoms with Crippen molar-refractivity contribution in [2.75, 3.05) is 0 Å². The van der Waals surface area contributed by atoms with Crippen LogP contribution in [0.4, 0.5) is 0 Å². The van der Waals surface area contributed by atoms with E-state index in [1.165, 1.54) is 6.42 Å². The summed E-state index contributed by atoms with van der Waals surface area (Å²) in [5, 5.41) is 10.4. The van der Waals surface area contributed by atoms with E-state index >= 15 is 0 Å². The summed E-state index contributed by atoms with van der Waals surface area (Å²) in [6.07, 6.45) is 4.95. The number of rotatable bonds is 2. The molecule has 3 heteroatoms. The van der Waals surface area contributed by atoms with E-state index in [-0.39, 0.29) is 11.0 Å². The van der Waals surface area contributed by atoms with E-state index in [0.717, 1.165) is 25.7 Å². The zero-order valence-electron chi connectivity index (χ0n) is 6.95. The first kappa shape index (κ1) is 8.50. The van der Waals surface area contributed by atoms with E-state index in [1.807, 2.05) is 0 Å². The molecular formula is C8H15NO2. The maximum Gasteiger partial charge on any atom is 0.213 e. The first-order valence-corrected chi connectivity index (χ1v) is 4.37. The van der Waals surface area contributed by atoms with Gasteiger partial charge in [0.15, 0.2) is 0 Å². The average molecular weight is 157 g/mol. The summed E-state index contributed by atoms with van der Waals surface area (Å²) in [5.74, 6) is 0.610. The lowest BCUT2D eigenvalue weighted by atomic mass is 9.84. The maximum absolute atomic E-state index is 10.4. The Labute approximate surface area is 66.9 Å². The average Bonchev–Trinajstić information content (AvgIpc) is 2.05. The number of hydrogen-bond acceptors (Lipinski definition) is 2. The van der Waals surface area contributed by atoms with Crippen molar-refractivity contribution in [3.8, 4) is 0 Å². The van der Waals surface area contributed by atoms with Gasteiger partial charge < -0.3 is 0 Å². The third kappa shape index (κ3) is 2.17. The third-order valence-corrected chi connectivity index (χ3v) is 2.63. The zero-order valence-corrected chi connectivity index (χ0v) is 6.95. The van der Waals surface area contributed by atoms with Crippen LogP contribution >= 0.6 is 0 Å². The minimum Gasteiger partial charge on any atom is -0.264 e. The van der Waals surface area contributed by atoms with Gasteiger partial charge in [-0.05, 0) is 18.8 Å². The first-order valence-electron chi connectivity index (χ1n) is 4.37. The molecule has 1 saturated carbocycles. The van der Waals surface area contributed by atoms with Gasteiger partial charge >= 0.3 is 0 Å². The molecule has 0 radical (unpaired) electrons. The van der Waals surface area contributed by atoms with Crippen LogP contribution in [-0.2, 0) is 0 Å². The maximum atomic E-state index is 10.4. The van der Waals surface area contributed by atoms with E-state index in [2.05, 4.69) is 6.92 Å². The lowest BCUT2D eigenvalue weighted by Gasteiger charge is -2.22. The van der Waals surface area contributed by atoms with Crippen molar-refractivity contribution in [2.45, 2.75) is 45.1 Å². The predicted octanol–water partition coefficient (Wildman–Crippen LogP) is 2.23. The minimum absolute atomic E-state index is 0.109. The molecule has 0 aromatic heterocycles. The van der Waals surface area contributed by atoms with Gasteiger partial charge in [-0.25, -0.2) is 0 Å². The lowest BCUT2D eigenvalue weighted by molar-refractivity contribution is -0.528. The molecule has 0 amide bonds. The van der Waals surface area contributed by atoms with Crippen LogP contribution in [0, 0.1) is 16.0 Å². The van der Waals surface area contributed by atoms with Crippen molar-refractivity contribution in [1.82, 2.24) is 0 Å². The fraction of sp³-hybridized carbons (Fsp3) is 1.00. The molecule has 0 bridgehead atoms. The summed E-state index contributed by atoms with van der Waals surface area (Å²) in [4.78, 5) is 10.3. The fourth-order valence-electron chi connectivity index (χ4n) is 1.82. The van der Waals surface area contributed by atoms with Gasteiger partial charge in [0, 0.05) is 17.8 Å². The molecule has 2 atom stereocenters. The summed E-state index contributed by atoms with van der Waals surface area (Å²) in [6, 6.07) is -0.242. The molecule has 0 aromatic carbocycles. The van der Waals surface area contributed by atoms with Gasteiger partial charge in [0.25, 0.3) is 0 Å². The summed E-state index contributed by atoms with van der Waals surface area (Å²) >= 11 is 0. The van der Waals surface area contributed by atoms with Gasteiger partial charge in [-0.1, -0.05) is 13.3 Å². The van der Waals surface area contributed by atoms with E-state index in [4.69, 9.17) is 0 Å². The van der Waals surface area contributed by atoms with Gasteiger partial charge in [-0.15, -0.1) is 0 Å². The smallest absolute Gasteiger partial charge is 0.213 e. The minimum atomic E-state index is -0.242. The van der Waals surface area contributed by atoms with Crippen LogP contribution in [0.3, 0.4) is 0 Å². The van der Waals surface area contributed by atoms with Crippen LogP contribution in [0.5, 0.6) is 0 Å². The highest BCUT2D eigenvalue weighted by atomic mass is 16.6. The molecule has 0 aliphatic heterocycles. The highest BCUT2D eigenvalue weighted by molar-refractivity contribution is 4.71. The van der Waals surface area contributed by atoms with Crippen LogP contribution in [-0.4, -0.2) is 11.0 Å². The molecule has 0 spiro atoms. The molecule has 0 heterocycles. The molecule has 1 fully saturated rings. The molecule has 0 saturated heterocycles. The summed E-state index contributed by atoms with van der Waals surface area (Å²) in [6.45, 7) is 2.12. The quantitative estimate of drug-likeness (QED) is 0.455. The van der Waals surface area contributed by atoms with Crippen molar-refractivity contribution in [2.24, 2.45) is 5.92 Å². The van der Waals surface area contributed by atoms with E-state index in [1.54, 1.807) is 0 Å². The largest absolute Gasteiger partial charge is 0.264 e. The Balaban J connectivity index is 2.39. The standard InChI is InChI=1S/C8H15NO2/c1-2-7-4-3-5-8(6-7)9(10)11/h7-8H,2-6H2,1H3. The predicted molar refractivity (Wildman–Crippen MR) is 43.0 cm³/mol. The van der Waals surface area contributed by atoms with Crippen LogP contribution < -0.4 is 0 Å². The van der Waals surface area contributed by atoms with E-state index in [9.17, 15) is 10.1 Å². The lowest BCUT2D eigenvalue weighted by Crippen LogP contribution is -2.26. The Kier molecular flexibility index (Phi) is 2.85. The molecular weight excluding hydrogens is 142 g/mol. The Morgan fingerprint density at radius 1 is 1.55 bits per heavy atom. The molecule has 2 unspecified atom stereocenters. The summed E-state index contributed by atoms with van der Waals surface area (Å²) in [7, 11) is 0. The molecule has 1 aliphatic carbocycles. The second-order valence-electron chi connectivity index (χ2n) is 3.38. The number of nitrogens with zero attached hydrogens (tertiary/aromatic N) is 1. The second kappa shape index (κ2) is 3.69. The Morgan fingerprint density at radius 2 is 2.27 bits per heavy atom. The normalized spacial score (nSPS) is 31.7. The zero-order chi connectivity index (χ0) is 8.27. The fourth-order valence-corrected chi connectivity index (χ4v) is 1.82. The Morgan fingerprint density at radius 3 is 2.82 bits per heavy atom. The molecule has 64 valence electrons. The van der Waals surface area contributed by atoms with Crippen molar-refractivity contribution in [3.05, 3.63) is 10.1 Å². The van der Waals surface area contributed by atoms with Crippen molar-refractivity contribution >= 4 is 0 Å². The van der Waals surface area contributed by atoms with Crippen LogP contribution in [0.1, 0.15) is 39.0 Å². The first-order chi connectivity index (χ1) is 5.24. The Bertz CT molecular complexity index is 147. The molecule has 1 rings (SSSR count). The topological polar surface area (TPSA) is 43.1 Å².